The molecule has 0 fully saturated rings. The van der Waals surface area contributed by atoms with Gasteiger partial charge < -0.3 is 9.05 Å². The van der Waals surface area contributed by atoms with Gasteiger partial charge in [0.1, 0.15) is 0 Å². The third-order valence-corrected chi connectivity index (χ3v) is 5.33. The van der Waals surface area contributed by atoms with Crippen molar-refractivity contribution in [3.63, 3.8) is 0 Å². The first-order chi connectivity index (χ1) is 10.4. The lowest BCUT2D eigenvalue weighted by Crippen LogP contribution is -2.29. The Morgan fingerprint density at radius 3 is 2.50 bits per heavy atom. The molecule has 0 atom stereocenters. The fourth-order valence-corrected chi connectivity index (χ4v) is 3.65. The van der Waals surface area contributed by atoms with Crippen molar-refractivity contribution in [1.29, 1.82) is 0 Å². The molecule has 0 saturated carbocycles. The molecule has 9 heteroatoms. The third-order valence-electron chi connectivity index (χ3n) is 2.66. The number of nitrogens with one attached hydrogen (secondary N) is 1. The number of hydrogen-bond acceptors (Lipinski definition) is 5. The molecule has 1 aromatic rings. The fourth-order valence-electron chi connectivity index (χ4n) is 1.72. The van der Waals surface area contributed by atoms with Gasteiger partial charge in [0, 0.05) is 12.7 Å². The van der Waals surface area contributed by atoms with Crippen LogP contribution in [0.25, 0.3) is 0 Å². The van der Waals surface area contributed by atoms with Gasteiger partial charge in [-0.25, -0.2) is 4.79 Å². The second-order valence-electron chi connectivity index (χ2n) is 4.32. The number of aromatic nitrogens is 2. The summed E-state index contributed by atoms with van der Waals surface area (Å²) in [5, 5.41) is 0. The van der Waals surface area contributed by atoms with Crippen molar-refractivity contribution in [3.8, 4) is 0 Å². The first-order valence-electron chi connectivity index (χ1n) is 6.94. The highest BCUT2D eigenvalue weighted by Crippen LogP contribution is 2.48. The number of halogens is 1. The van der Waals surface area contributed by atoms with Crippen molar-refractivity contribution < 1.29 is 13.6 Å². The van der Waals surface area contributed by atoms with Crippen LogP contribution >= 0.6 is 23.5 Å². The highest BCUT2D eigenvalue weighted by Gasteiger charge is 2.21. The van der Waals surface area contributed by atoms with E-state index in [-0.39, 0.29) is 10.6 Å². The molecule has 124 valence electrons. The normalized spacial score (nSPS) is 12.1. The lowest BCUT2D eigenvalue weighted by molar-refractivity contribution is 0.220. The molecule has 0 radical (unpaired) electrons. The van der Waals surface area contributed by atoms with Crippen LogP contribution in [0.1, 0.15) is 20.3 Å². The zero-order valence-corrected chi connectivity index (χ0v) is 15.1. The Balaban J connectivity index is 2.57. The van der Waals surface area contributed by atoms with Crippen molar-refractivity contribution in [1.82, 2.24) is 9.55 Å². The largest absolute Gasteiger partial charge is 0.330 e. The quantitative estimate of drug-likeness (QED) is 0.513. The van der Waals surface area contributed by atoms with E-state index in [0.29, 0.717) is 26.2 Å². The molecule has 1 rings (SSSR count). The Morgan fingerprint density at radius 2 is 1.91 bits per heavy atom. The Morgan fingerprint density at radius 1 is 1.27 bits per heavy atom. The average molecular weight is 395 g/mol. The van der Waals surface area contributed by atoms with E-state index in [4.69, 9.17) is 9.05 Å². The Kier molecular flexibility index (Phi) is 8.03. The maximum atomic E-state index is 12.2. The maximum Gasteiger partial charge on any atom is 0.330 e. The predicted octanol–water partition coefficient (Wildman–Crippen LogP) is 2.51. The summed E-state index contributed by atoms with van der Waals surface area (Å²) in [5.74, 6) is 0. The van der Waals surface area contributed by atoms with Crippen molar-refractivity contribution in [2.45, 2.75) is 26.8 Å². The Labute approximate surface area is 137 Å². The van der Waals surface area contributed by atoms with Gasteiger partial charge in [-0.2, -0.15) is 0 Å². The molecule has 0 aliphatic heterocycles. The monoisotopic (exact) mass is 394 g/mol. The zero-order chi connectivity index (χ0) is 16.6. The molecule has 0 aromatic carbocycles. The lowest BCUT2D eigenvalue weighted by Gasteiger charge is -2.15. The van der Waals surface area contributed by atoms with Crippen LogP contribution in [0.3, 0.4) is 0 Å². The van der Waals surface area contributed by atoms with Crippen molar-refractivity contribution in [3.05, 3.63) is 43.7 Å². The molecule has 0 aliphatic carbocycles. The predicted molar refractivity (Wildman–Crippen MR) is 88.5 cm³/mol. The van der Waals surface area contributed by atoms with Crippen molar-refractivity contribution in [2.24, 2.45) is 0 Å². The van der Waals surface area contributed by atoms with Gasteiger partial charge in [0.05, 0.1) is 23.8 Å². The first-order valence-corrected chi connectivity index (χ1v) is 9.46. The van der Waals surface area contributed by atoms with Crippen LogP contribution in [-0.2, 0) is 20.2 Å². The molecular formula is C13H20BrN2O5P. The summed E-state index contributed by atoms with van der Waals surface area (Å²) >= 11 is 3.07. The molecule has 1 N–H and O–H groups in total. The van der Waals surface area contributed by atoms with Gasteiger partial charge in [-0.1, -0.05) is 12.2 Å². The van der Waals surface area contributed by atoms with Gasteiger partial charge in [0.15, 0.2) is 0 Å². The number of aromatic amines is 1. The van der Waals surface area contributed by atoms with Crippen LogP contribution < -0.4 is 11.2 Å². The molecule has 0 spiro atoms. The lowest BCUT2D eigenvalue weighted by atomic mass is 10.4. The van der Waals surface area contributed by atoms with Crippen LogP contribution in [0.5, 0.6) is 0 Å². The third kappa shape index (κ3) is 6.04. The van der Waals surface area contributed by atoms with Gasteiger partial charge in [0.25, 0.3) is 5.56 Å². The molecule has 1 aromatic heterocycles. The standard InChI is InChI=1S/C13H20BrN2O5P/c1-3-20-22(19,21-4-2)9-7-5-6-8-16-10-11(14)12(17)15-13(16)18/h5-6,10H,3-4,7-9H2,1-2H3,(H,15,17,18)/b6-5+. The highest BCUT2D eigenvalue weighted by atomic mass is 79.9. The van der Waals surface area contributed by atoms with E-state index in [9.17, 15) is 14.2 Å². The minimum absolute atomic E-state index is 0.287. The number of hydrogen-bond donors (Lipinski definition) is 1. The second kappa shape index (κ2) is 9.25. The van der Waals surface area contributed by atoms with E-state index in [2.05, 4.69) is 20.9 Å². The molecule has 7 nitrogen and oxygen atoms in total. The van der Waals surface area contributed by atoms with E-state index in [1.807, 2.05) is 0 Å². The summed E-state index contributed by atoms with van der Waals surface area (Å²) in [4.78, 5) is 25.0. The summed E-state index contributed by atoms with van der Waals surface area (Å²) in [6.07, 6.45) is 5.78. The highest BCUT2D eigenvalue weighted by molar-refractivity contribution is 9.10. The van der Waals surface area contributed by atoms with E-state index in [1.54, 1.807) is 26.0 Å². The summed E-state index contributed by atoms with van der Waals surface area (Å²) in [6, 6.07) is 0. The smallest absolute Gasteiger partial charge is 0.309 e. The first kappa shape index (κ1) is 19.1. The second-order valence-corrected chi connectivity index (χ2v) is 7.36. The number of H-pyrrole nitrogens is 1. The van der Waals surface area contributed by atoms with Gasteiger partial charge in [-0.05, 0) is 36.2 Å². The summed E-state index contributed by atoms with van der Waals surface area (Å²) in [6.45, 7) is 4.51. The van der Waals surface area contributed by atoms with Crippen LogP contribution in [0, 0.1) is 0 Å². The summed E-state index contributed by atoms with van der Waals surface area (Å²) in [7, 11) is -3.03. The fraction of sp³-hybridized carbons (Fsp3) is 0.538. The van der Waals surface area contributed by atoms with Crippen LogP contribution in [0.2, 0.25) is 0 Å². The Hall–Kier alpha value is -0.950. The minimum atomic E-state index is -3.03. The molecule has 0 amide bonds. The van der Waals surface area contributed by atoms with Crippen LogP contribution in [-0.4, -0.2) is 28.9 Å². The Bertz CT molecular complexity index is 657. The molecule has 0 saturated heterocycles. The van der Waals surface area contributed by atoms with Crippen molar-refractivity contribution >= 4 is 23.5 Å². The SMILES string of the molecule is CCOP(=O)(CC/C=C/Cn1cc(Br)c(=O)[nH]c1=O)OCC. The molecular weight excluding hydrogens is 375 g/mol. The maximum absolute atomic E-state index is 12.2. The number of allylic oxidation sites excluding steroid dienone is 2. The van der Waals surface area contributed by atoms with Gasteiger partial charge in [-0.3, -0.25) is 18.9 Å². The molecule has 0 aliphatic rings. The van der Waals surface area contributed by atoms with Gasteiger partial charge in [0.2, 0.25) is 0 Å². The molecule has 0 bridgehead atoms. The van der Waals surface area contributed by atoms with E-state index in [1.165, 1.54) is 10.8 Å². The molecule has 0 unspecified atom stereocenters. The summed E-state index contributed by atoms with van der Waals surface area (Å²) in [5.41, 5.74) is -0.938. The van der Waals surface area contributed by atoms with Crippen LogP contribution in [0.15, 0.2) is 32.4 Å². The van der Waals surface area contributed by atoms with Gasteiger partial charge >= 0.3 is 13.3 Å². The molecule has 1 heterocycles. The summed E-state index contributed by atoms with van der Waals surface area (Å²) < 4.78 is 24.2. The topological polar surface area (TPSA) is 90.4 Å². The number of nitrogens with zero attached hydrogens (tertiary/aromatic N) is 1. The van der Waals surface area contributed by atoms with Gasteiger partial charge in [-0.15, -0.1) is 0 Å². The zero-order valence-electron chi connectivity index (χ0n) is 12.6. The van der Waals surface area contributed by atoms with E-state index < -0.39 is 18.8 Å². The average Bonchev–Trinajstić information content (AvgIpc) is 2.44. The van der Waals surface area contributed by atoms with E-state index >= 15 is 0 Å². The van der Waals surface area contributed by atoms with Crippen LogP contribution in [0.4, 0.5) is 0 Å². The minimum Gasteiger partial charge on any atom is -0.309 e. The molecule has 22 heavy (non-hydrogen) atoms. The number of rotatable bonds is 9. The van der Waals surface area contributed by atoms with Crippen molar-refractivity contribution in [2.75, 3.05) is 19.4 Å². The van der Waals surface area contributed by atoms with E-state index in [0.717, 1.165) is 0 Å².